The number of halogens is 2. The van der Waals surface area contributed by atoms with Crippen molar-refractivity contribution in [1.29, 1.82) is 0 Å². The van der Waals surface area contributed by atoms with Gasteiger partial charge >= 0.3 is 0 Å². The van der Waals surface area contributed by atoms with Crippen molar-refractivity contribution < 1.29 is 9.13 Å². The fourth-order valence-electron chi connectivity index (χ4n) is 2.06. The lowest BCUT2D eigenvalue weighted by molar-refractivity contribution is 0.296. The number of aromatic nitrogens is 4. The van der Waals surface area contributed by atoms with Crippen molar-refractivity contribution in [2.45, 2.75) is 13.2 Å². The van der Waals surface area contributed by atoms with Gasteiger partial charge in [-0.2, -0.15) is 0 Å². The van der Waals surface area contributed by atoms with Crippen LogP contribution in [0, 0.1) is 5.82 Å². The molecule has 0 fully saturated rings. The third-order valence-electron chi connectivity index (χ3n) is 3.28. The molecule has 0 bridgehead atoms. The summed E-state index contributed by atoms with van der Waals surface area (Å²) in [5.41, 5.74) is 9.91. The quantitative estimate of drug-likeness (QED) is 0.669. The van der Waals surface area contributed by atoms with E-state index in [1.165, 1.54) is 10.9 Å². The molecule has 3 aromatic rings. The molecule has 7 nitrogen and oxygen atoms in total. The van der Waals surface area contributed by atoms with Crippen molar-refractivity contribution in [3.05, 3.63) is 63.9 Å². The Kier molecular flexibility index (Phi) is 4.90. The maximum Gasteiger partial charge on any atom is 0.260 e. The van der Waals surface area contributed by atoms with E-state index in [1.807, 2.05) is 18.2 Å². The van der Waals surface area contributed by atoms with E-state index in [0.717, 1.165) is 10.0 Å². The summed E-state index contributed by atoms with van der Waals surface area (Å²) in [5.74, 6) is 0.482. The Balaban J connectivity index is 1.73. The first kappa shape index (κ1) is 16.2. The van der Waals surface area contributed by atoms with Crippen molar-refractivity contribution in [3.8, 4) is 5.75 Å². The summed E-state index contributed by atoms with van der Waals surface area (Å²) in [6.07, 6.45) is 0. The van der Waals surface area contributed by atoms with Gasteiger partial charge in [-0.1, -0.05) is 39.2 Å². The van der Waals surface area contributed by atoms with E-state index in [9.17, 15) is 4.39 Å². The van der Waals surface area contributed by atoms with Gasteiger partial charge in [-0.05, 0) is 34.7 Å². The van der Waals surface area contributed by atoms with E-state index in [1.54, 1.807) is 18.2 Å². The van der Waals surface area contributed by atoms with E-state index in [0.29, 0.717) is 17.9 Å². The average Bonchev–Trinajstić information content (AvgIpc) is 2.98. The predicted molar refractivity (Wildman–Crippen MR) is 90.2 cm³/mol. The van der Waals surface area contributed by atoms with Crippen molar-refractivity contribution in [1.82, 2.24) is 20.3 Å². The van der Waals surface area contributed by atoms with Crippen molar-refractivity contribution >= 4 is 21.9 Å². The number of nitrogens with zero attached hydrogens (tertiary/aromatic N) is 4. The number of benzene rings is 2. The molecule has 0 unspecified atom stereocenters. The number of tetrazole rings is 1. The van der Waals surface area contributed by atoms with Crippen molar-refractivity contribution in [3.63, 3.8) is 0 Å². The molecule has 0 atom stereocenters. The third kappa shape index (κ3) is 3.80. The van der Waals surface area contributed by atoms with Gasteiger partial charge in [0.05, 0.1) is 6.54 Å². The molecule has 3 N–H and O–H groups in total. The zero-order chi connectivity index (χ0) is 16.9. The van der Waals surface area contributed by atoms with Gasteiger partial charge in [0.2, 0.25) is 0 Å². The summed E-state index contributed by atoms with van der Waals surface area (Å²) >= 11 is 3.42. The van der Waals surface area contributed by atoms with Crippen LogP contribution in [-0.2, 0) is 13.2 Å². The minimum absolute atomic E-state index is 0.133. The highest BCUT2D eigenvalue weighted by Gasteiger charge is 2.08. The average molecular weight is 393 g/mol. The van der Waals surface area contributed by atoms with Gasteiger partial charge < -0.3 is 15.9 Å². The third-order valence-corrected chi connectivity index (χ3v) is 3.77. The Morgan fingerprint density at radius 3 is 2.79 bits per heavy atom. The largest absolute Gasteiger partial charge is 0.488 e. The Morgan fingerprint density at radius 1 is 1.21 bits per heavy atom. The summed E-state index contributed by atoms with van der Waals surface area (Å²) < 4.78 is 20.4. The van der Waals surface area contributed by atoms with Crippen LogP contribution in [0.3, 0.4) is 0 Å². The number of nitrogen functional groups attached to an aromatic ring is 1. The second-order valence-corrected chi connectivity index (χ2v) is 5.83. The number of hydrogen-bond donors (Lipinski definition) is 2. The van der Waals surface area contributed by atoms with Crippen LogP contribution in [0.15, 0.2) is 46.9 Å². The molecule has 124 valence electrons. The molecule has 0 aliphatic heterocycles. The number of hydrogen-bond acceptors (Lipinski definition) is 6. The minimum Gasteiger partial charge on any atom is -0.488 e. The Labute approximate surface area is 145 Å². The first-order chi connectivity index (χ1) is 11.6. The summed E-state index contributed by atoms with van der Waals surface area (Å²) in [5, 5.41) is 10.7. The minimum atomic E-state index is -0.296. The van der Waals surface area contributed by atoms with Crippen molar-refractivity contribution in [2.75, 3.05) is 11.2 Å². The molecule has 1 heterocycles. The molecule has 0 spiro atoms. The number of rotatable bonds is 6. The molecule has 0 aliphatic rings. The van der Waals surface area contributed by atoms with Gasteiger partial charge in [0.25, 0.3) is 5.95 Å². The van der Waals surface area contributed by atoms with Crippen LogP contribution in [0.25, 0.3) is 0 Å². The van der Waals surface area contributed by atoms with Gasteiger partial charge in [0.15, 0.2) is 0 Å². The second kappa shape index (κ2) is 7.26. The monoisotopic (exact) mass is 392 g/mol. The molecule has 0 amide bonds. The molecule has 0 radical (unpaired) electrons. The smallest absolute Gasteiger partial charge is 0.260 e. The molecule has 24 heavy (non-hydrogen) atoms. The number of nitrogens with one attached hydrogen (secondary N) is 1. The van der Waals surface area contributed by atoms with E-state index in [2.05, 4.69) is 36.9 Å². The molecular weight excluding hydrogens is 379 g/mol. The highest BCUT2D eigenvalue weighted by molar-refractivity contribution is 9.10. The summed E-state index contributed by atoms with van der Waals surface area (Å²) in [6.45, 7) is 0.510. The topological polar surface area (TPSA) is 90.9 Å². The Hall–Kier alpha value is -2.68. The molecule has 2 aromatic carbocycles. The molecule has 0 saturated carbocycles. The van der Waals surface area contributed by atoms with E-state index in [4.69, 9.17) is 10.5 Å². The first-order valence-electron chi connectivity index (χ1n) is 7.06. The van der Waals surface area contributed by atoms with Crippen LogP contribution in [0.5, 0.6) is 5.75 Å². The van der Waals surface area contributed by atoms with E-state index >= 15 is 0 Å². The molecule has 3 rings (SSSR count). The standard InChI is InChI=1S/C15H14BrFN6O/c16-12-5-6-14(24-9-10-3-1-2-4-13(10)17)11(7-12)8-19-23-15(18)20-21-22-23/h1-7,19H,8-9H2,(H2,18,20,22). The van der Waals surface area contributed by atoms with Crippen LogP contribution < -0.4 is 15.9 Å². The highest BCUT2D eigenvalue weighted by atomic mass is 79.9. The fraction of sp³-hybridized carbons (Fsp3) is 0.133. The lowest BCUT2D eigenvalue weighted by atomic mass is 10.2. The zero-order valence-corrected chi connectivity index (χ0v) is 14.1. The summed E-state index contributed by atoms with van der Waals surface area (Å²) in [6, 6.07) is 12.1. The maximum atomic E-state index is 13.7. The van der Waals surface area contributed by atoms with E-state index in [-0.39, 0.29) is 18.4 Å². The molecule has 0 aliphatic carbocycles. The van der Waals surface area contributed by atoms with Crippen LogP contribution in [-0.4, -0.2) is 20.3 Å². The Morgan fingerprint density at radius 2 is 2.04 bits per heavy atom. The SMILES string of the molecule is Nc1nnnn1NCc1cc(Br)ccc1OCc1ccccc1F. The summed E-state index contributed by atoms with van der Waals surface area (Å²) in [7, 11) is 0. The van der Waals surface area contributed by atoms with E-state index < -0.39 is 0 Å². The van der Waals surface area contributed by atoms with Crippen molar-refractivity contribution in [2.24, 2.45) is 0 Å². The predicted octanol–water partition coefficient (Wildman–Crippen LogP) is 2.48. The Bertz CT molecular complexity index is 840. The highest BCUT2D eigenvalue weighted by Crippen LogP contribution is 2.24. The van der Waals surface area contributed by atoms with Crippen LogP contribution in [0.4, 0.5) is 10.3 Å². The molecule has 0 saturated heterocycles. The van der Waals surface area contributed by atoms with Crippen LogP contribution in [0.1, 0.15) is 11.1 Å². The number of nitrogens with two attached hydrogens (primary N) is 1. The molecule has 1 aromatic heterocycles. The first-order valence-corrected chi connectivity index (χ1v) is 7.85. The zero-order valence-electron chi connectivity index (χ0n) is 12.5. The van der Waals surface area contributed by atoms with Gasteiger partial charge in [-0.15, -0.1) is 4.79 Å². The second-order valence-electron chi connectivity index (χ2n) is 4.92. The van der Waals surface area contributed by atoms with Gasteiger partial charge in [-0.25, -0.2) is 4.39 Å². The molecule has 9 heteroatoms. The normalized spacial score (nSPS) is 10.6. The summed E-state index contributed by atoms with van der Waals surface area (Å²) in [4.78, 5) is 1.27. The maximum absolute atomic E-state index is 13.7. The van der Waals surface area contributed by atoms with Crippen LogP contribution in [0.2, 0.25) is 0 Å². The lowest BCUT2D eigenvalue weighted by Gasteiger charge is -2.13. The van der Waals surface area contributed by atoms with Crippen LogP contribution >= 0.6 is 15.9 Å². The fourth-order valence-corrected chi connectivity index (χ4v) is 2.47. The van der Waals surface area contributed by atoms with Gasteiger partial charge in [0.1, 0.15) is 18.2 Å². The number of anilines is 1. The van der Waals surface area contributed by atoms with Gasteiger partial charge in [0, 0.05) is 15.6 Å². The van der Waals surface area contributed by atoms with Gasteiger partial charge in [-0.3, -0.25) is 0 Å². The number of ether oxygens (including phenoxy) is 1. The molecular formula is C15H14BrFN6O. The lowest BCUT2D eigenvalue weighted by Crippen LogP contribution is -2.18.